The molecular formula is C20H25N3O. The third kappa shape index (κ3) is 4.59. The highest BCUT2D eigenvalue weighted by atomic mass is 16.2. The number of nitrogens with zero attached hydrogens (tertiary/aromatic N) is 2. The zero-order valence-corrected chi connectivity index (χ0v) is 14.2. The molecular weight excluding hydrogens is 298 g/mol. The summed E-state index contributed by atoms with van der Waals surface area (Å²) in [6.07, 6.45) is 2.54. The molecule has 1 N–H and O–H groups in total. The number of anilines is 2. The maximum atomic E-state index is 12.2. The molecule has 1 saturated heterocycles. The molecule has 0 spiro atoms. The first-order valence-corrected chi connectivity index (χ1v) is 8.58. The lowest BCUT2D eigenvalue weighted by Gasteiger charge is -2.18. The second-order valence-corrected chi connectivity index (χ2v) is 6.45. The van der Waals surface area contributed by atoms with Crippen molar-refractivity contribution in [2.45, 2.75) is 19.4 Å². The van der Waals surface area contributed by atoms with Crippen LogP contribution in [0.4, 0.5) is 11.4 Å². The van der Waals surface area contributed by atoms with Crippen LogP contribution in [0.5, 0.6) is 0 Å². The summed E-state index contributed by atoms with van der Waals surface area (Å²) in [7, 11) is 1.96. The van der Waals surface area contributed by atoms with Crippen LogP contribution in [0.3, 0.4) is 0 Å². The number of likely N-dealkylation sites (N-methyl/N-ethyl adjacent to an activating group) is 1. The molecule has 0 radical (unpaired) electrons. The molecule has 0 unspecified atom stereocenters. The van der Waals surface area contributed by atoms with Gasteiger partial charge in [0, 0.05) is 31.0 Å². The first kappa shape index (κ1) is 16.5. The smallest absolute Gasteiger partial charge is 0.238 e. The van der Waals surface area contributed by atoms with Gasteiger partial charge < -0.3 is 10.2 Å². The maximum absolute atomic E-state index is 12.2. The van der Waals surface area contributed by atoms with Crippen LogP contribution in [-0.2, 0) is 11.3 Å². The van der Waals surface area contributed by atoms with Crippen LogP contribution in [0.15, 0.2) is 54.6 Å². The van der Waals surface area contributed by atoms with Crippen molar-refractivity contribution in [2.75, 3.05) is 36.9 Å². The molecule has 0 atom stereocenters. The second kappa shape index (κ2) is 7.97. The summed E-state index contributed by atoms with van der Waals surface area (Å²) in [6, 6.07) is 18.4. The number of amides is 1. The number of carbonyl (C=O) groups excluding carboxylic acids is 1. The van der Waals surface area contributed by atoms with Crippen molar-refractivity contribution in [3.05, 3.63) is 60.2 Å². The normalized spacial score (nSPS) is 14.2. The summed E-state index contributed by atoms with van der Waals surface area (Å²) in [6.45, 7) is 3.41. The molecule has 4 heteroatoms. The zero-order valence-electron chi connectivity index (χ0n) is 14.2. The first-order valence-electron chi connectivity index (χ1n) is 8.58. The van der Waals surface area contributed by atoms with Crippen LogP contribution in [0, 0.1) is 0 Å². The molecule has 1 heterocycles. The molecule has 24 heavy (non-hydrogen) atoms. The van der Waals surface area contributed by atoms with Gasteiger partial charge in [-0.25, -0.2) is 0 Å². The van der Waals surface area contributed by atoms with E-state index in [-0.39, 0.29) is 5.91 Å². The third-order valence-corrected chi connectivity index (χ3v) is 4.33. The van der Waals surface area contributed by atoms with Crippen molar-refractivity contribution in [1.29, 1.82) is 0 Å². The highest BCUT2D eigenvalue weighted by Gasteiger charge is 2.12. The Kier molecular flexibility index (Phi) is 5.49. The Labute approximate surface area is 144 Å². The van der Waals surface area contributed by atoms with Gasteiger partial charge >= 0.3 is 0 Å². The van der Waals surface area contributed by atoms with Crippen LogP contribution >= 0.6 is 0 Å². The van der Waals surface area contributed by atoms with Crippen molar-refractivity contribution in [2.24, 2.45) is 0 Å². The number of benzene rings is 2. The van der Waals surface area contributed by atoms with Gasteiger partial charge in [0.1, 0.15) is 0 Å². The standard InChI is InChI=1S/C20H25N3O/c1-22(15-17-7-3-2-4-8-17)16-20(24)21-18-9-11-19(12-10-18)23-13-5-6-14-23/h2-4,7-12H,5-6,13-16H2,1H3,(H,21,24). The fraction of sp³-hybridized carbons (Fsp3) is 0.350. The van der Waals surface area contributed by atoms with Gasteiger partial charge in [0.2, 0.25) is 5.91 Å². The van der Waals surface area contributed by atoms with Crippen LogP contribution in [0.1, 0.15) is 18.4 Å². The van der Waals surface area contributed by atoms with Gasteiger partial charge in [0.15, 0.2) is 0 Å². The Morgan fingerprint density at radius 2 is 1.71 bits per heavy atom. The fourth-order valence-electron chi connectivity index (χ4n) is 3.13. The summed E-state index contributed by atoms with van der Waals surface area (Å²) in [4.78, 5) is 16.6. The van der Waals surface area contributed by atoms with E-state index in [4.69, 9.17) is 0 Å². The Hall–Kier alpha value is -2.33. The molecule has 2 aromatic rings. The topological polar surface area (TPSA) is 35.6 Å². The summed E-state index contributed by atoms with van der Waals surface area (Å²) in [5, 5.41) is 2.98. The van der Waals surface area contributed by atoms with E-state index in [1.807, 2.05) is 42.3 Å². The van der Waals surface area contributed by atoms with Gasteiger partial charge in [0.25, 0.3) is 0 Å². The van der Waals surface area contributed by atoms with E-state index in [2.05, 4.69) is 34.5 Å². The minimum atomic E-state index is 0.0161. The number of carbonyl (C=O) groups is 1. The van der Waals surface area contributed by atoms with Crippen LogP contribution in [-0.4, -0.2) is 37.5 Å². The van der Waals surface area contributed by atoms with E-state index < -0.39 is 0 Å². The summed E-state index contributed by atoms with van der Waals surface area (Å²) in [5.74, 6) is 0.0161. The lowest BCUT2D eigenvalue weighted by molar-refractivity contribution is -0.117. The zero-order chi connectivity index (χ0) is 16.8. The lowest BCUT2D eigenvalue weighted by Crippen LogP contribution is -2.29. The average molecular weight is 323 g/mol. The number of hydrogen-bond donors (Lipinski definition) is 1. The molecule has 0 saturated carbocycles. The molecule has 1 fully saturated rings. The second-order valence-electron chi connectivity index (χ2n) is 6.45. The molecule has 0 bridgehead atoms. The third-order valence-electron chi connectivity index (χ3n) is 4.33. The van der Waals surface area contributed by atoms with Gasteiger partial charge in [-0.05, 0) is 49.7 Å². The molecule has 4 nitrogen and oxygen atoms in total. The van der Waals surface area contributed by atoms with Crippen molar-refractivity contribution in [3.8, 4) is 0 Å². The van der Waals surface area contributed by atoms with Crippen LogP contribution in [0.2, 0.25) is 0 Å². The van der Waals surface area contributed by atoms with E-state index in [1.54, 1.807) is 0 Å². The fourth-order valence-corrected chi connectivity index (χ4v) is 3.13. The summed E-state index contributed by atoms with van der Waals surface area (Å²) >= 11 is 0. The molecule has 1 aliphatic rings. The molecule has 126 valence electrons. The summed E-state index contributed by atoms with van der Waals surface area (Å²) in [5.41, 5.74) is 3.31. The van der Waals surface area contributed by atoms with Crippen molar-refractivity contribution >= 4 is 17.3 Å². The number of rotatable bonds is 6. The Bertz CT molecular complexity index is 648. The molecule has 2 aromatic carbocycles. The van der Waals surface area contributed by atoms with Crippen molar-refractivity contribution < 1.29 is 4.79 Å². The van der Waals surface area contributed by atoms with Crippen molar-refractivity contribution in [1.82, 2.24) is 4.90 Å². The van der Waals surface area contributed by atoms with Gasteiger partial charge in [-0.2, -0.15) is 0 Å². The molecule has 0 aromatic heterocycles. The van der Waals surface area contributed by atoms with E-state index in [0.717, 1.165) is 25.3 Å². The minimum Gasteiger partial charge on any atom is -0.372 e. The molecule has 3 rings (SSSR count). The largest absolute Gasteiger partial charge is 0.372 e. The highest BCUT2D eigenvalue weighted by Crippen LogP contribution is 2.22. The highest BCUT2D eigenvalue weighted by molar-refractivity contribution is 5.92. The van der Waals surface area contributed by atoms with Gasteiger partial charge in [-0.15, -0.1) is 0 Å². The molecule has 1 amide bonds. The monoisotopic (exact) mass is 323 g/mol. The quantitative estimate of drug-likeness (QED) is 0.885. The maximum Gasteiger partial charge on any atom is 0.238 e. The van der Waals surface area contributed by atoms with Gasteiger partial charge in [-0.3, -0.25) is 9.69 Å². The summed E-state index contributed by atoms with van der Waals surface area (Å²) < 4.78 is 0. The van der Waals surface area contributed by atoms with Crippen LogP contribution < -0.4 is 10.2 Å². The average Bonchev–Trinajstić information content (AvgIpc) is 3.10. The van der Waals surface area contributed by atoms with E-state index >= 15 is 0 Å². The van der Waals surface area contributed by atoms with Gasteiger partial charge in [0.05, 0.1) is 6.54 Å². The Morgan fingerprint density at radius 3 is 2.38 bits per heavy atom. The van der Waals surface area contributed by atoms with Crippen LogP contribution in [0.25, 0.3) is 0 Å². The number of nitrogens with one attached hydrogen (secondary N) is 1. The number of hydrogen-bond acceptors (Lipinski definition) is 3. The van der Waals surface area contributed by atoms with Crippen molar-refractivity contribution in [3.63, 3.8) is 0 Å². The van der Waals surface area contributed by atoms with E-state index in [1.165, 1.54) is 24.1 Å². The Balaban J connectivity index is 1.49. The first-order chi connectivity index (χ1) is 11.7. The SMILES string of the molecule is CN(CC(=O)Nc1ccc(N2CCCC2)cc1)Cc1ccccc1. The van der Waals surface area contributed by atoms with Gasteiger partial charge in [-0.1, -0.05) is 30.3 Å². The van der Waals surface area contributed by atoms with E-state index in [0.29, 0.717) is 6.54 Å². The minimum absolute atomic E-state index is 0.0161. The Morgan fingerprint density at radius 1 is 1.04 bits per heavy atom. The molecule has 0 aliphatic carbocycles. The molecule has 1 aliphatic heterocycles. The predicted octanol–water partition coefficient (Wildman–Crippen LogP) is 3.36. The van der Waals surface area contributed by atoms with E-state index in [9.17, 15) is 4.79 Å². The lowest BCUT2D eigenvalue weighted by atomic mass is 10.2. The predicted molar refractivity (Wildman–Crippen MR) is 99.3 cm³/mol.